The van der Waals surface area contributed by atoms with Crippen molar-refractivity contribution in [2.24, 2.45) is 0 Å². The Kier molecular flexibility index (Phi) is 4.48. The number of para-hydroxylation sites is 4. The number of aromatic nitrogens is 2. The topological polar surface area (TPSA) is 9.86 Å². The van der Waals surface area contributed by atoms with Crippen molar-refractivity contribution in [1.82, 2.24) is 9.13 Å². The van der Waals surface area contributed by atoms with Crippen LogP contribution in [0.5, 0.6) is 0 Å². The van der Waals surface area contributed by atoms with Crippen molar-refractivity contribution in [2.75, 3.05) is 0 Å². The molecule has 0 aliphatic heterocycles. The maximum Gasteiger partial charge on any atom is 0.0579 e. The third kappa shape index (κ3) is 2.93. The fourth-order valence-electron chi connectivity index (χ4n) is 7.11. The molecule has 1 aliphatic rings. The van der Waals surface area contributed by atoms with E-state index in [1.54, 1.807) is 0 Å². The Labute approximate surface area is 232 Å². The van der Waals surface area contributed by atoms with Gasteiger partial charge in [0.2, 0.25) is 0 Å². The Bertz CT molecular complexity index is 2240. The molecule has 188 valence electrons. The number of hydrogen-bond donors (Lipinski definition) is 0. The van der Waals surface area contributed by atoms with Gasteiger partial charge in [-0.15, -0.1) is 0 Å². The standard InChI is InChI=1S/C38H26N2/c1-3-11-26(12-4-1)39-35-17-9-8-16-30(35)34-23-25-19-20-31-28(33(25)24-37(34)39)21-22-32-29-15-7-10-18-36(29)40(38(31)32)27-13-5-2-6-14-27/h1-18,21-24H,19-20H2. The molecule has 2 nitrogen and oxygen atoms in total. The van der Waals surface area contributed by atoms with Gasteiger partial charge in [0, 0.05) is 32.9 Å². The van der Waals surface area contributed by atoms with Crippen molar-refractivity contribution in [3.8, 4) is 22.5 Å². The fraction of sp³-hybridized carbons (Fsp3) is 0.0526. The Morgan fingerprint density at radius 3 is 1.73 bits per heavy atom. The maximum atomic E-state index is 2.48. The normalized spacial score (nSPS) is 12.8. The van der Waals surface area contributed by atoms with Gasteiger partial charge < -0.3 is 9.13 Å². The van der Waals surface area contributed by atoms with Crippen molar-refractivity contribution in [3.05, 3.63) is 145 Å². The van der Waals surface area contributed by atoms with Gasteiger partial charge in [0.05, 0.1) is 22.1 Å². The van der Waals surface area contributed by atoms with Gasteiger partial charge in [-0.2, -0.15) is 0 Å². The van der Waals surface area contributed by atoms with Crippen LogP contribution in [0.25, 0.3) is 66.1 Å². The fourth-order valence-corrected chi connectivity index (χ4v) is 7.11. The van der Waals surface area contributed by atoms with Crippen LogP contribution in [0, 0.1) is 0 Å². The van der Waals surface area contributed by atoms with Gasteiger partial charge in [-0.25, -0.2) is 0 Å². The summed E-state index contributed by atoms with van der Waals surface area (Å²) in [6, 6.07) is 48.9. The molecular weight excluding hydrogens is 484 g/mol. The lowest BCUT2D eigenvalue weighted by Crippen LogP contribution is -2.07. The van der Waals surface area contributed by atoms with E-state index in [9.17, 15) is 0 Å². The lowest BCUT2D eigenvalue weighted by Gasteiger charge is -2.23. The minimum atomic E-state index is 1.03. The molecule has 0 saturated carbocycles. The van der Waals surface area contributed by atoms with E-state index in [-0.39, 0.29) is 0 Å². The summed E-state index contributed by atoms with van der Waals surface area (Å²) in [5, 5.41) is 5.30. The summed E-state index contributed by atoms with van der Waals surface area (Å²) in [4.78, 5) is 0. The molecular formula is C38H26N2. The molecule has 0 fully saturated rings. The number of aryl methyl sites for hydroxylation is 2. The summed E-state index contributed by atoms with van der Waals surface area (Å²) < 4.78 is 4.91. The average molecular weight is 511 g/mol. The van der Waals surface area contributed by atoms with Crippen molar-refractivity contribution in [3.63, 3.8) is 0 Å². The highest BCUT2D eigenvalue weighted by molar-refractivity contribution is 6.14. The first-order chi connectivity index (χ1) is 19.9. The molecule has 0 unspecified atom stereocenters. The Hall–Kier alpha value is -5.08. The van der Waals surface area contributed by atoms with E-state index >= 15 is 0 Å². The van der Waals surface area contributed by atoms with E-state index in [2.05, 4.69) is 143 Å². The first-order valence-electron chi connectivity index (χ1n) is 14.1. The van der Waals surface area contributed by atoms with Crippen LogP contribution in [0.3, 0.4) is 0 Å². The zero-order chi connectivity index (χ0) is 26.2. The molecule has 2 heteroatoms. The second-order valence-corrected chi connectivity index (χ2v) is 10.9. The highest BCUT2D eigenvalue weighted by Crippen LogP contribution is 2.44. The zero-order valence-electron chi connectivity index (χ0n) is 22.0. The number of nitrogens with zero attached hydrogens (tertiary/aromatic N) is 2. The highest BCUT2D eigenvalue weighted by Gasteiger charge is 2.25. The van der Waals surface area contributed by atoms with Crippen LogP contribution < -0.4 is 0 Å². The van der Waals surface area contributed by atoms with E-state index in [4.69, 9.17) is 0 Å². The first kappa shape index (κ1) is 21.8. The van der Waals surface area contributed by atoms with Gasteiger partial charge in [0.15, 0.2) is 0 Å². The van der Waals surface area contributed by atoms with E-state index in [1.807, 2.05) is 0 Å². The number of rotatable bonds is 2. The summed E-state index contributed by atoms with van der Waals surface area (Å²) in [7, 11) is 0. The van der Waals surface area contributed by atoms with Gasteiger partial charge in [0.25, 0.3) is 0 Å². The molecule has 0 saturated heterocycles. The molecule has 0 N–H and O–H groups in total. The molecule has 1 aliphatic carbocycles. The SMILES string of the molecule is c1ccc(-n2c3ccccc3c3cc4c(cc32)-c2ccc3c5ccccc5n(-c5ccccc5)c3c2CC4)cc1. The number of benzene rings is 6. The highest BCUT2D eigenvalue weighted by atomic mass is 15.0. The molecule has 6 aromatic carbocycles. The molecule has 40 heavy (non-hydrogen) atoms. The third-order valence-corrected chi connectivity index (χ3v) is 8.80. The third-order valence-electron chi connectivity index (χ3n) is 8.80. The van der Waals surface area contributed by atoms with Crippen LogP contribution in [-0.4, -0.2) is 9.13 Å². The molecule has 0 amide bonds. The second-order valence-electron chi connectivity index (χ2n) is 10.9. The van der Waals surface area contributed by atoms with Crippen LogP contribution in [0.4, 0.5) is 0 Å². The zero-order valence-corrected chi connectivity index (χ0v) is 22.0. The summed E-state index contributed by atoms with van der Waals surface area (Å²) in [6.07, 6.45) is 2.07. The Balaban J connectivity index is 1.38. The minimum absolute atomic E-state index is 1.03. The maximum absolute atomic E-state index is 2.48. The van der Waals surface area contributed by atoms with Gasteiger partial charge in [-0.3, -0.25) is 0 Å². The molecule has 2 aromatic heterocycles. The van der Waals surface area contributed by atoms with Crippen LogP contribution in [0.15, 0.2) is 133 Å². The monoisotopic (exact) mass is 510 g/mol. The van der Waals surface area contributed by atoms with Crippen molar-refractivity contribution >= 4 is 43.6 Å². The number of hydrogen-bond acceptors (Lipinski definition) is 0. The van der Waals surface area contributed by atoms with Gasteiger partial charge in [0.1, 0.15) is 0 Å². The molecule has 0 atom stereocenters. The first-order valence-corrected chi connectivity index (χ1v) is 14.1. The number of fused-ring (bicyclic) bond motifs is 10. The van der Waals surface area contributed by atoms with Crippen molar-refractivity contribution < 1.29 is 0 Å². The summed E-state index contributed by atoms with van der Waals surface area (Å²) >= 11 is 0. The summed E-state index contributed by atoms with van der Waals surface area (Å²) in [5.74, 6) is 0. The van der Waals surface area contributed by atoms with Crippen molar-refractivity contribution in [1.29, 1.82) is 0 Å². The van der Waals surface area contributed by atoms with Crippen molar-refractivity contribution in [2.45, 2.75) is 12.8 Å². The van der Waals surface area contributed by atoms with Crippen LogP contribution in [0.1, 0.15) is 11.1 Å². The van der Waals surface area contributed by atoms with Crippen LogP contribution >= 0.6 is 0 Å². The predicted molar refractivity (Wildman–Crippen MR) is 168 cm³/mol. The lowest BCUT2D eigenvalue weighted by atomic mass is 9.83. The van der Waals surface area contributed by atoms with E-state index in [0.29, 0.717) is 0 Å². The van der Waals surface area contributed by atoms with E-state index in [0.717, 1.165) is 12.8 Å². The Morgan fingerprint density at radius 2 is 1.00 bits per heavy atom. The average Bonchev–Trinajstić information content (AvgIpc) is 3.53. The molecule has 8 aromatic rings. The molecule has 0 spiro atoms. The lowest BCUT2D eigenvalue weighted by molar-refractivity contribution is 0.944. The van der Waals surface area contributed by atoms with Crippen LogP contribution in [-0.2, 0) is 12.8 Å². The summed E-state index contributed by atoms with van der Waals surface area (Å²) in [5.41, 5.74) is 13.2. The second kappa shape index (κ2) is 8.21. The molecule has 0 radical (unpaired) electrons. The minimum Gasteiger partial charge on any atom is -0.309 e. The smallest absolute Gasteiger partial charge is 0.0579 e. The van der Waals surface area contributed by atoms with Gasteiger partial charge in [-0.05, 0) is 83.6 Å². The predicted octanol–water partition coefficient (Wildman–Crippen LogP) is 9.65. The van der Waals surface area contributed by atoms with Gasteiger partial charge in [-0.1, -0.05) is 84.9 Å². The summed E-state index contributed by atoms with van der Waals surface area (Å²) in [6.45, 7) is 0. The van der Waals surface area contributed by atoms with Gasteiger partial charge >= 0.3 is 0 Å². The largest absolute Gasteiger partial charge is 0.309 e. The molecule has 9 rings (SSSR count). The van der Waals surface area contributed by atoms with Crippen LogP contribution in [0.2, 0.25) is 0 Å². The van der Waals surface area contributed by atoms with E-state index in [1.165, 1.54) is 77.2 Å². The Morgan fingerprint density at radius 1 is 0.400 bits per heavy atom. The van der Waals surface area contributed by atoms with E-state index < -0.39 is 0 Å². The molecule has 2 heterocycles. The quantitative estimate of drug-likeness (QED) is 0.219. The molecule has 0 bridgehead atoms.